The standard InChI is InChI=1S/C19H25N5O3/c1-14-5-8-18(26)24(22-14)11-10-23-9-3-2-4-16(23)13-21-19(27)15-6-7-17(25)20-12-15/h5-8,12,16H,2-4,9-11,13H2,1H3,(H,20,25)(H,21,27). The Kier molecular flexibility index (Phi) is 6.18. The summed E-state index contributed by atoms with van der Waals surface area (Å²) >= 11 is 0. The molecule has 1 fully saturated rings. The molecule has 3 rings (SSSR count). The van der Waals surface area contributed by atoms with Gasteiger partial charge in [-0.25, -0.2) is 4.68 Å². The summed E-state index contributed by atoms with van der Waals surface area (Å²) in [6.07, 6.45) is 4.66. The molecule has 2 N–H and O–H groups in total. The number of aromatic nitrogens is 3. The van der Waals surface area contributed by atoms with Crippen molar-refractivity contribution in [3.8, 4) is 0 Å². The molecule has 1 saturated heterocycles. The maximum Gasteiger partial charge on any atom is 0.266 e. The molecule has 1 aliphatic rings. The number of H-pyrrole nitrogens is 1. The number of rotatable bonds is 6. The van der Waals surface area contributed by atoms with Crippen molar-refractivity contribution in [2.75, 3.05) is 19.6 Å². The van der Waals surface area contributed by atoms with Crippen molar-refractivity contribution in [3.63, 3.8) is 0 Å². The number of amides is 1. The van der Waals surface area contributed by atoms with E-state index >= 15 is 0 Å². The van der Waals surface area contributed by atoms with E-state index in [2.05, 4.69) is 20.3 Å². The highest BCUT2D eigenvalue weighted by molar-refractivity contribution is 5.93. The molecule has 3 heterocycles. The molecular formula is C19H25N5O3. The van der Waals surface area contributed by atoms with Gasteiger partial charge in [-0.05, 0) is 38.4 Å². The Balaban J connectivity index is 1.57. The van der Waals surface area contributed by atoms with Crippen LogP contribution < -0.4 is 16.4 Å². The summed E-state index contributed by atoms with van der Waals surface area (Å²) in [6, 6.07) is 6.35. The minimum atomic E-state index is -0.231. The topological polar surface area (TPSA) is 100 Å². The molecule has 0 radical (unpaired) electrons. The average molecular weight is 371 g/mol. The Morgan fingerprint density at radius 3 is 2.85 bits per heavy atom. The summed E-state index contributed by atoms with van der Waals surface area (Å²) in [4.78, 5) is 40.1. The van der Waals surface area contributed by atoms with Crippen LogP contribution in [0.5, 0.6) is 0 Å². The molecular weight excluding hydrogens is 346 g/mol. The van der Waals surface area contributed by atoms with Crippen LogP contribution in [0.3, 0.4) is 0 Å². The van der Waals surface area contributed by atoms with E-state index in [1.807, 2.05) is 6.92 Å². The number of aromatic amines is 1. The van der Waals surface area contributed by atoms with Crippen molar-refractivity contribution in [2.45, 2.75) is 38.8 Å². The van der Waals surface area contributed by atoms with Crippen molar-refractivity contribution >= 4 is 5.91 Å². The number of pyridine rings is 1. The zero-order valence-electron chi connectivity index (χ0n) is 15.5. The van der Waals surface area contributed by atoms with E-state index in [1.54, 1.807) is 12.1 Å². The van der Waals surface area contributed by atoms with Crippen LogP contribution in [0, 0.1) is 6.92 Å². The van der Waals surface area contributed by atoms with Gasteiger partial charge < -0.3 is 10.3 Å². The van der Waals surface area contributed by atoms with Gasteiger partial charge in [-0.3, -0.25) is 19.3 Å². The largest absolute Gasteiger partial charge is 0.350 e. The van der Waals surface area contributed by atoms with Gasteiger partial charge in [-0.15, -0.1) is 0 Å². The Morgan fingerprint density at radius 1 is 1.22 bits per heavy atom. The number of aryl methyl sites for hydroxylation is 1. The SMILES string of the molecule is Cc1ccc(=O)n(CCN2CCCCC2CNC(=O)c2ccc(=O)[nH]c2)n1. The molecule has 0 bridgehead atoms. The third-order valence-electron chi connectivity index (χ3n) is 4.89. The van der Waals surface area contributed by atoms with E-state index in [-0.39, 0.29) is 23.1 Å². The predicted molar refractivity (Wildman–Crippen MR) is 102 cm³/mol. The lowest BCUT2D eigenvalue weighted by molar-refractivity contribution is 0.0908. The number of nitrogens with zero attached hydrogens (tertiary/aromatic N) is 3. The fourth-order valence-corrected chi connectivity index (χ4v) is 3.38. The highest BCUT2D eigenvalue weighted by Gasteiger charge is 2.23. The van der Waals surface area contributed by atoms with Crippen LogP contribution >= 0.6 is 0 Å². The number of hydrogen-bond acceptors (Lipinski definition) is 5. The Morgan fingerprint density at radius 2 is 2.07 bits per heavy atom. The van der Waals surface area contributed by atoms with Crippen molar-refractivity contribution in [1.82, 2.24) is 25.0 Å². The second-order valence-corrected chi connectivity index (χ2v) is 6.87. The highest BCUT2D eigenvalue weighted by Crippen LogP contribution is 2.16. The van der Waals surface area contributed by atoms with E-state index in [0.717, 1.165) is 38.0 Å². The minimum absolute atomic E-state index is 0.0967. The van der Waals surface area contributed by atoms with Gasteiger partial charge in [0, 0.05) is 37.5 Å². The molecule has 2 aromatic rings. The van der Waals surface area contributed by atoms with Gasteiger partial charge in [-0.2, -0.15) is 5.10 Å². The zero-order valence-corrected chi connectivity index (χ0v) is 15.5. The lowest BCUT2D eigenvalue weighted by atomic mass is 10.0. The lowest BCUT2D eigenvalue weighted by Crippen LogP contribution is -2.48. The van der Waals surface area contributed by atoms with Crippen LogP contribution in [0.4, 0.5) is 0 Å². The summed E-state index contributed by atoms with van der Waals surface area (Å²) < 4.78 is 1.50. The van der Waals surface area contributed by atoms with E-state index in [9.17, 15) is 14.4 Å². The van der Waals surface area contributed by atoms with Crippen LogP contribution in [-0.4, -0.2) is 51.2 Å². The predicted octanol–water partition coefficient (Wildman–Crippen LogP) is 0.525. The molecule has 0 saturated carbocycles. The van der Waals surface area contributed by atoms with E-state index < -0.39 is 0 Å². The second kappa shape index (κ2) is 8.77. The maximum atomic E-state index is 12.3. The summed E-state index contributed by atoms with van der Waals surface area (Å²) in [6.45, 7) is 4.60. The van der Waals surface area contributed by atoms with Gasteiger partial charge in [-0.1, -0.05) is 6.42 Å². The molecule has 8 nitrogen and oxygen atoms in total. The monoisotopic (exact) mass is 371 g/mol. The first-order valence-electron chi connectivity index (χ1n) is 9.29. The third kappa shape index (κ3) is 5.13. The van der Waals surface area contributed by atoms with Crippen LogP contribution in [0.15, 0.2) is 40.1 Å². The second-order valence-electron chi connectivity index (χ2n) is 6.87. The van der Waals surface area contributed by atoms with Crippen molar-refractivity contribution in [2.24, 2.45) is 0 Å². The highest BCUT2D eigenvalue weighted by atomic mass is 16.2. The number of piperidine rings is 1. The molecule has 1 amide bonds. The number of carbonyl (C=O) groups excluding carboxylic acids is 1. The third-order valence-corrected chi connectivity index (χ3v) is 4.89. The lowest BCUT2D eigenvalue weighted by Gasteiger charge is -2.35. The van der Waals surface area contributed by atoms with Gasteiger partial charge in [0.05, 0.1) is 17.8 Å². The fourth-order valence-electron chi connectivity index (χ4n) is 3.38. The van der Waals surface area contributed by atoms with Crippen LogP contribution in [0.25, 0.3) is 0 Å². The van der Waals surface area contributed by atoms with Gasteiger partial charge >= 0.3 is 0 Å². The first-order valence-corrected chi connectivity index (χ1v) is 9.29. The van der Waals surface area contributed by atoms with Gasteiger partial charge in [0.25, 0.3) is 11.5 Å². The van der Waals surface area contributed by atoms with Gasteiger partial charge in [0.1, 0.15) is 0 Å². The molecule has 8 heteroatoms. The molecule has 1 atom stereocenters. The minimum Gasteiger partial charge on any atom is -0.350 e. The van der Waals surface area contributed by atoms with Crippen molar-refractivity contribution in [3.05, 3.63) is 62.4 Å². The smallest absolute Gasteiger partial charge is 0.266 e. The van der Waals surface area contributed by atoms with Crippen molar-refractivity contribution < 1.29 is 4.79 Å². The Hall–Kier alpha value is -2.74. The van der Waals surface area contributed by atoms with Crippen molar-refractivity contribution in [1.29, 1.82) is 0 Å². The van der Waals surface area contributed by atoms with E-state index in [4.69, 9.17) is 0 Å². The number of carbonyl (C=O) groups is 1. The zero-order chi connectivity index (χ0) is 19.2. The number of nitrogens with one attached hydrogen (secondary N) is 2. The Labute approximate surface area is 157 Å². The van der Waals surface area contributed by atoms with E-state index in [1.165, 1.54) is 23.0 Å². The normalized spacial score (nSPS) is 17.6. The van der Waals surface area contributed by atoms with Gasteiger partial charge in [0.15, 0.2) is 0 Å². The quantitative estimate of drug-likeness (QED) is 0.771. The van der Waals surface area contributed by atoms with Crippen LogP contribution in [-0.2, 0) is 6.54 Å². The van der Waals surface area contributed by atoms with E-state index in [0.29, 0.717) is 18.7 Å². The average Bonchev–Trinajstić information content (AvgIpc) is 2.68. The van der Waals surface area contributed by atoms with Crippen LogP contribution in [0.2, 0.25) is 0 Å². The molecule has 0 aromatic carbocycles. The fraction of sp³-hybridized carbons (Fsp3) is 0.474. The summed E-state index contributed by atoms with van der Waals surface area (Å²) in [5.74, 6) is -0.201. The summed E-state index contributed by atoms with van der Waals surface area (Å²) in [5, 5.41) is 7.23. The summed E-state index contributed by atoms with van der Waals surface area (Å²) in [7, 11) is 0. The molecule has 0 spiro atoms. The number of hydrogen-bond donors (Lipinski definition) is 2. The van der Waals surface area contributed by atoms with Gasteiger partial charge in [0.2, 0.25) is 5.56 Å². The molecule has 1 unspecified atom stereocenters. The molecule has 1 aliphatic heterocycles. The summed E-state index contributed by atoms with van der Waals surface area (Å²) in [5.41, 5.74) is 0.927. The Bertz CT molecular complexity index is 884. The first-order chi connectivity index (χ1) is 13.0. The molecule has 27 heavy (non-hydrogen) atoms. The maximum absolute atomic E-state index is 12.3. The molecule has 144 valence electrons. The van der Waals surface area contributed by atoms with Crippen LogP contribution in [0.1, 0.15) is 35.3 Å². The molecule has 0 aliphatic carbocycles. The molecule has 2 aromatic heterocycles. The first kappa shape index (κ1) is 19.0. The number of likely N-dealkylation sites (tertiary alicyclic amines) is 1.